The number of benzene rings is 1. The first-order chi connectivity index (χ1) is 11.7. The van der Waals surface area contributed by atoms with Crippen LogP contribution in [0.3, 0.4) is 0 Å². The van der Waals surface area contributed by atoms with Gasteiger partial charge in [0.1, 0.15) is 11.8 Å². The number of rotatable bonds is 5. The lowest BCUT2D eigenvalue weighted by Gasteiger charge is -2.32. The quantitative estimate of drug-likeness (QED) is 0.484. The lowest BCUT2D eigenvalue weighted by molar-refractivity contribution is -0.132. The van der Waals surface area contributed by atoms with Crippen LogP contribution < -0.4 is 5.48 Å². The Bertz CT molecular complexity index is 827. The van der Waals surface area contributed by atoms with E-state index in [1.807, 2.05) is 0 Å². The topological polar surface area (TPSA) is 146 Å². The highest BCUT2D eigenvalue weighted by molar-refractivity contribution is 7.80. The number of phenols is 1. The third-order valence-corrected chi connectivity index (χ3v) is 4.37. The van der Waals surface area contributed by atoms with Gasteiger partial charge >= 0.3 is 16.4 Å². The van der Waals surface area contributed by atoms with E-state index in [2.05, 4.69) is 14.6 Å². The van der Waals surface area contributed by atoms with Crippen molar-refractivity contribution >= 4 is 22.3 Å². The fourth-order valence-electron chi connectivity index (χ4n) is 3.14. The van der Waals surface area contributed by atoms with Crippen LogP contribution >= 0.6 is 0 Å². The Morgan fingerprint density at radius 2 is 2.12 bits per heavy atom. The van der Waals surface area contributed by atoms with Gasteiger partial charge in [-0.25, -0.2) is 10.3 Å². The molecular weight excluding hydrogens is 358 g/mol. The molecule has 1 aromatic carbocycles. The predicted molar refractivity (Wildman–Crippen MR) is 79.9 cm³/mol. The van der Waals surface area contributed by atoms with Crippen molar-refractivity contribution in [1.29, 1.82) is 0 Å². The van der Waals surface area contributed by atoms with Gasteiger partial charge in [-0.3, -0.25) is 14.2 Å². The minimum Gasteiger partial charge on any atom is -0.508 e. The summed E-state index contributed by atoms with van der Waals surface area (Å²) in [4.78, 5) is 30.2. The van der Waals surface area contributed by atoms with Crippen molar-refractivity contribution in [3.8, 4) is 5.75 Å². The van der Waals surface area contributed by atoms with Gasteiger partial charge in [0.15, 0.2) is 0 Å². The third-order valence-electron chi connectivity index (χ3n) is 4.02. The Morgan fingerprint density at radius 3 is 2.76 bits per heavy atom. The van der Waals surface area contributed by atoms with E-state index in [1.165, 1.54) is 24.1 Å². The van der Waals surface area contributed by atoms with Crippen molar-refractivity contribution in [2.75, 3.05) is 13.7 Å². The molecule has 0 aromatic heterocycles. The van der Waals surface area contributed by atoms with Gasteiger partial charge in [-0.1, -0.05) is 6.07 Å². The molecule has 2 atom stereocenters. The van der Waals surface area contributed by atoms with Gasteiger partial charge in [0.2, 0.25) is 5.91 Å². The van der Waals surface area contributed by atoms with Gasteiger partial charge in [-0.05, 0) is 23.3 Å². The van der Waals surface area contributed by atoms with Crippen molar-refractivity contribution in [2.24, 2.45) is 0 Å². The first-order valence-electron chi connectivity index (χ1n) is 7.12. The van der Waals surface area contributed by atoms with Crippen LogP contribution in [0.15, 0.2) is 18.2 Å². The summed E-state index contributed by atoms with van der Waals surface area (Å²) in [5.41, 5.74) is 3.12. The molecule has 2 aliphatic rings. The average molecular weight is 373 g/mol. The highest BCUT2D eigenvalue weighted by Gasteiger charge is 2.50. The zero-order valence-corrected chi connectivity index (χ0v) is 13.8. The van der Waals surface area contributed by atoms with Crippen LogP contribution in [0, 0.1) is 0 Å². The zero-order chi connectivity index (χ0) is 18.4. The van der Waals surface area contributed by atoms with E-state index in [1.54, 1.807) is 6.07 Å². The maximum atomic E-state index is 12.5. The van der Waals surface area contributed by atoms with E-state index in [0.717, 1.165) is 0 Å². The van der Waals surface area contributed by atoms with Gasteiger partial charge in [0.05, 0.1) is 26.1 Å². The van der Waals surface area contributed by atoms with Crippen molar-refractivity contribution < 1.29 is 36.8 Å². The number of amides is 3. The van der Waals surface area contributed by atoms with E-state index >= 15 is 0 Å². The van der Waals surface area contributed by atoms with Crippen molar-refractivity contribution in [3.63, 3.8) is 0 Å². The standard InChI is InChI=1S/C13H15N3O8S/c1-23-14-12(18)5-10-8-3-2-7(17)4-9(8)11-6-15(10)13(19)16(11)24-25(20,21)22/h2-4,10-11,17H,5-6H2,1H3,(H,14,18)(H,20,21,22)/t10-,11-/m0/s1. The summed E-state index contributed by atoms with van der Waals surface area (Å²) in [6.07, 6.45) is -0.149. The number of hydroxylamine groups is 3. The second-order valence-electron chi connectivity index (χ2n) is 5.54. The second kappa shape index (κ2) is 6.15. The summed E-state index contributed by atoms with van der Waals surface area (Å²) in [6, 6.07) is 1.89. The lowest BCUT2D eigenvalue weighted by Crippen LogP contribution is -2.37. The number of phenolic OH excluding ortho intramolecular Hbond substituents is 1. The first-order valence-corrected chi connectivity index (χ1v) is 8.49. The van der Waals surface area contributed by atoms with Crippen molar-refractivity contribution in [3.05, 3.63) is 29.3 Å². The third kappa shape index (κ3) is 3.24. The molecule has 3 N–H and O–H groups in total. The van der Waals surface area contributed by atoms with Gasteiger partial charge in [0.25, 0.3) is 0 Å². The number of hydrogen-bond donors (Lipinski definition) is 3. The molecule has 1 fully saturated rings. The summed E-state index contributed by atoms with van der Waals surface area (Å²) in [7, 11) is -3.66. The molecule has 1 aromatic rings. The molecule has 11 nitrogen and oxygen atoms in total. The number of urea groups is 1. The molecule has 136 valence electrons. The number of nitrogens with zero attached hydrogens (tertiary/aromatic N) is 2. The Kier molecular flexibility index (Phi) is 4.28. The molecule has 0 saturated carbocycles. The summed E-state index contributed by atoms with van der Waals surface area (Å²) < 4.78 is 35.4. The summed E-state index contributed by atoms with van der Waals surface area (Å²) in [5, 5.41) is 10.2. The average Bonchev–Trinajstić information content (AvgIpc) is 2.77. The SMILES string of the molecule is CONC(=O)C[C@H]1c2ccc(O)cc2[C@@H]2CN1C(=O)N2OS(=O)(=O)O. The molecule has 3 rings (SSSR count). The molecule has 2 aliphatic heterocycles. The largest absolute Gasteiger partial charge is 0.508 e. The molecule has 3 amide bonds. The number of carbonyl (C=O) groups excluding carboxylic acids is 2. The number of hydrogen-bond acceptors (Lipinski definition) is 7. The zero-order valence-electron chi connectivity index (χ0n) is 12.9. The van der Waals surface area contributed by atoms with E-state index in [0.29, 0.717) is 16.2 Å². The van der Waals surface area contributed by atoms with Crippen LogP contribution in [0.4, 0.5) is 4.79 Å². The maximum absolute atomic E-state index is 12.5. The van der Waals surface area contributed by atoms with Crippen molar-refractivity contribution in [2.45, 2.75) is 18.5 Å². The van der Waals surface area contributed by atoms with E-state index in [9.17, 15) is 23.1 Å². The highest BCUT2D eigenvalue weighted by Crippen LogP contribution is 2.46. The number of nitrogens with one attached hydrogen (secondary N) is 1. The summed E-state index contributed by atoms with van der Waals surface area (Å²) >= 11 is 0. The molecular formula is C13H15N3O8S. The predicted octanol–water partition coefficient (Wildman–Crippen LogP) is 0.0277. The fraction of sp³-hybridized carbons (Fsp3) is 0.385. The number of carbonyl (C=O) groups is 2. The Balaban J connectivity index is 2.02. The van der Waals surface area contributed by atoms with Crippen LogP contribution in [-0.4, -0.2) is 53.6 Å². The minimum absolute atomic E-state index is 0.0235. The Morgan fingerprint density at radius 1 is 1.40 bits per heavy atom. The molecule has 25 heavy (non-hydrogen) atoms. The Labute approximate surface area is 142 Å². The number of fused-ring (bicyclic) bond motifs is 4. The molecule has 0 spiro atoms. The lowest BCUT2D eigenvalue weighted by atomic mass is 9.89. The smallest absolute Gasteiger partial charge is 0.418 e. The van der Waals surface area contributed by atoms with Crippen LogP contribution in [0.5, 0.6) is 5.75 Å². The molecule has 0 unspecified atom stereocenters. The van der Waals surface area contributed by atoms with Crippen LogP contribution in [0.2, 0.25) is 0 Å². The van der Waals surface area contributed by atoms with Gasteiger partial charge < -0.3 is 10.0 Å². The molecule has 2 heterocycles. The highest BCUT2D eigenvalue weighted by atomic mass is 32.3. The van der Waals surface area contributed by atoms with Crippen molar-refractivity contribution in [1.82, 2.24) is 15.4 Å². The van der Waals surface area contributed by atoms with E-state index in [-0.39, 0.29) is 18.7 Å². The normalized spacial score (nSPS) is 22.1. The second-order valence-corrected chi connectivity index (χ2v) is 6.55. The van der Waals surface area contributed by atoms with Gasteiger partial charge in [-0.15, -0.1) is 4.28 Å². The molecule has 12 heteroatoms. The fourth-order valence-corrected chi connectivity index (χ4v) is 3.51. The molecule has 0 aliphatic carbocycles. The molecule has 1 saturated heterocycles. The first kappa shape index (κ1) is 17.4. The minimum atomic E-state index is -4.92. The van der Waals surface area contributed by atoms with Crippen LogP contribution in [0.25, 0.3) is 0 Å². The van der Waals surface area contributed by atoms with Gasteiger partial charge in [0, 0.05) is 0 Å². The van der Waals surface area contributed by atoms with E-state index in [4.69, 9.17) is 4.55 Å². The maximum Gasteiger partial charge on any atom is 0.418 e. The Hall–Kier alpha value is -2.41. The molecule has 0 radical (unpaired) electrons. The van der Waals surface area contributed by atoms with Gasteiger partial charge in [-0.2, -0.15) is 13.5 Å². The molecule has 2 bridgehead atoms. The van der Waals surface area contributed by atoms with E-state index < -0.39 is 34.4 Å². The summed E-state index contributed by atoms with van der Waals surface area (Å²) in [5.74, 6) is -0.592. The van der Waals surface area contributed by atoms with Crippen LogP contribution in [-0.2, 0) is 24.3 Å². The monoisotopic (exact) mass is 373 g/mol. The number of aromatic hydroxyl groups is 1. The van der Waals surface area contributed by atoms with Crippen LogP contribution in [0.1, 0.15) is 29.6 Å². The summed E-state index contributed by atoms with van der Waals surface area (Å²) in [6.45, 7) is 0.0235.